The third-order valence-electron chi connectivity index (χ3n) is 3.96. The summed E-state index contributed by atoms with van der Waals surface area (Å²) in [5.74, 6) is -1.28. The molecule has 0 unspecified atom stereocenters. The van der Waals surface area contributed by atoms with E-state index in [9.17, 15) is 14.0 Å². The van der Waals surface area contributed by atoms with Gasteiger partial charge in [-0.05, 0) is 54.0 Å². The predicted octanol–water partition coefficient (Wildman–Crippen LogP) is 4.09. The number of hydrogen-bond acceptors (Lipinski definition) is 3. The predicted molar refractivity (Wildman–Crippen MR) is 97.3 cm³/mol. The van der Waals surface area contributed by atoms with E-state index in [1.54, 1.807) is 35.9 Å². The average molecular weight is 407 g/mol. The number of esters is 1. The molecule has 2 heterocycles. The highest BCUT2D eigenvalue weighted by Gasteiger charge is 2.25. The quantitative estimate of drug-likeness (QED) is 0.663. The van der Waals surface area contributed by atoms with Gasteiger partial charge in [-0.3, -0.25) is 4.79 Å². The first kappa shape index (κ1) is 17.4. The number of aryl methyl sites for hydroxylation is 1. The number of fused-ring (bicyclic) bond motifs is 1. The minimum atomic E-state index is -0.718. The molecule has 1 N–H and O–H groups in total. The van der Waals surface area contributed by atoms with Crippen molar-refractivity contribution in [2.75, 3.05) is 6.61 Å². The molecule has 7 heteroatoms. The van der Waals surface area contributed by atoms with Gasteiger partial charge in [-0.2, -0.15) is 0 Å². The Morgan fingerprint density at radius 3 is 2.72 bits per heavy atom. The normalized spacial score (nSPS) is 11.0. The summed E-state index contributed by atoms with van der Waals surface area (Å²) in [6.07, 6.45) is 1.71. The van der Waals surface area contributed by atoms with Crippen LogP contribution in [0.5, 0.6) is 0 Å². The van der Waals surface area contributed by atoms with Crippen molar-refractivity contribution in [3.8, 4) is 11.4 Å². The van der Waals surface area contributed by atoms with Crippen LogP contribution < -0.4 is 5.43 Å². The number of halogens is 2. The lowest BCUT2D eigenvalue weighted by Gasteiger charge is -2.18. The molecular formula is C18H16BrFN2O3. The molecule has 0 saturated carbocycles. The maximum Gasteiger partial charge on any atom is 0.344 e. The molecule has 0 atom stereocenters. The van der Waals surface area contributed by atoms with Gasteiger partial charge in [0, 0.05) is 18.1 Å². The molecule has 0 spiro atoms. The Hall–Kier alpha value is -2.41. The van der Waals surface area contributed by atoms with Crippen molar-refractivity contribution in [2.24, 2.45) is 0 Å². The molecule has 0 amide bonds. The van der Waals surface area contributed by atoms with Gasteiger partial charge in [-0.25, -0.2) is 9.18 Å². The van der Waals surface area contributed by atoms with Crippen LogP contribution in [0.4, 0.5) is 4.39 Å². The highest BCUT2D eigenvalue weighted by Crippen LogP contribution is 2.29. The summed E-state index contributed by atoms with van der Waals surface area (Å²) in [6.45, 7) is 4.18. The number of nitrogens with zero attached hydrogens (tertiary/aromatic N) is 1. The lowest BCUT2D eigenvalue weighted by atomic mass is 10.0. The number of rotatable bonds is 4. The van der Waals surface area contributed by atoms with Crippen LogP contribution in [0.1, 0.15) is 24.2 Å². The van der Waals surface area contributed by atoms with Crippen molar-refractivity contribution in [1.29, 1.82) is 0 Å². The third-order valence-corrected chi connectivity index (χ3v) is 4.56. The fourth-order valence-corrected chi connectivity index (χ4v) is 3.25. The Balaban J connectivity index is 2.52. The molecular weight excluding hydrogens is 391 g/mol. The maximum absolute atomic E-state index is 14.0. The minimum absolute atomic E-state index is 0.0969. The number of aromatic nitrogens is 2. The summed E-state index contributed by atoms with van der Waals surface area (Å²) in [7, 11) is 0. The van der Waals surface area contributed by atoms with E-state index < -0.39 is 17.2 Å². The summed E-state index contributed by atoms with van der Waals surface area (Å²) in [4.78, 5) is 28.5. The average Bonchev–Trinajstić information content (AvgIpc) is 3.10. The number of pyridine rings is 1. The van der Waals surface area contributed by atoms with E-state index in [1.165, 1.54) is 0 Å². The zero-order valence-corrected chi connectivity index (χ0v) is 15.3. The molecule has 0 bridgehead atoms. The lowest BCUT2D eigenvalue weighted by molar-refractivity contribution is 0.0525. The first-order chi connectivity index (χ1) is 12.0. The van der Waals surface area contributed by atoms with Crippen molar-refractivity contribution in [3.63, 3.8) is 0 Å². The van der Waals surface area contributed by atoms with Crippen LogP contribution >= 0.6 is 15.9 Å². The van der Waals surface area contributed by atoms with Gasteiger partial charge < -0.3 is 14.3 Å². The van der Waals surface area contributed by atoms with Gasteiger partial charge in [0.05, 0.1) is 28.0 Å². The van der Waals surface area contributed by atoms with Crippen LogP contribution in [0.15, 0.2) is 39.7 Å². The number of H-pyrrole nitrogens is 1. The summed E-state index contributed by atoms with van der Waals surface area (Å²) in [5, 5.41) is 0.140. The standard InChI is InChI=1S/C18H16BrFN2O3/c1-3-22-14-9-11(19)12(20)8-10(14)17(23)15(18(24)25-4-2)16(22)13-6-5-7-21-13/h5-9,21H,3-4H2,1-2H3. The monoisotopic (exact) mass is 406 g/mol. The van der Waals surface area contributed by atoms with Crippen LogP contribution in [-0.4, -0.2) is 22.1 Å². The molecule has 3 rings (SSSR count). The second-order valence-electron chi connectivity index (χ2n) is 5.38. The maximum atomic E-state index is 14.0. The van der Waals surface area contributed by atoms with Gasteiger partial charge in [0.15, 0.2) is 0 Å². The fraction of sp³-hybridized carbons (Fsp3) is 0.222. The van der Waals surface area contributed by atoms with E-state index in [2.05, 4.69) is 20.9 Å². The second-order valence-corrected chi connectivity index (χ2v) is 6.24. The lowest BCUT2D eigenvalue weighted by Crippen LogP contribution is -2.24. The van der Waals surface area contributed by atoms with E-state index in [0.717, 1.165) is 6.07 Å². The number of benzene rings is 1. The van der Waals surface area contributed by atoms with Gasteiger partial charge in [-0.1, -0.05) is 0 Å². The largest absolute Gasteiger partial charge is 0.462 e. The van der Waals surface area contributed by atoms with Crippen LogP contribution in [0.3, 0.4) is 0 Å². The first-order valence-electron chi connectivity index (χ1n) is 7.86. The Morgan fingerprint density at radius 2 is 2.12 bits per heavy atom. The van der Waals surface area contributed by atoms with Gasteiger partial charge in [-0.15, -0.1) is 0 Å². The summed E-state index contributed by atoms with van der Waals surface area (Å²) < 4.78 is 21.1. The summed E-state index contributed by atoms with van der Waals surface area (Å²) in [6, 6.07) is 6.25. The number of hydrogen-bond donors (Lipinski definition) is 1. The topological polar surface area (TPSA) is 64.1 Å². The van der Waals surface area contributed by atoms with Gasteiger partial charge in [0.25, 0.3) is 0 Å². The van der Waals surface area contributed by atoms with Gasteiger partial charge >= 0.3 is 5.97 Å². The molecule has 25 heavy (non-hydrogen) atoms. The zero-order valence-electron chi connectivity index (χ0n) is 13.7. The second kappa shape index (κ2) is 6.84. The van der Waals surface area contributed by atoms with E-state index in [-0.39, 0.29) is 22.0 Å². The molecule has 0 saturated heterocycles. The molecule has 0 aliphatic carbocycles. The Kier molecular flexibility index (Phi) is 4.76. The zero-order chi connectivity index (χ0) is 18.1. The van der Waals surface area contributed by atoms with E-state index in [1.807, 2.05) is 6.92 Å². The molecule has 3 aromatic rings. The van der Waals surface area contributed by atoms with Gasteiger partial charge in [0.1, 0.15) is 11.4 Å². The van der Waals surface area contributed by atoms with Crippen LogP contribution in [-0.2, 0) is 11.3 Å². The molecule has 0 radical (unpaired) electrons. The highest BCUT2D eigenvalue weighted by molar-refractivity contribution is 9.10. The number of aromatic amines is 1. The Bertz CT molecular complexity index is 1010. The third kappa shape index (κ3) is 2.89. The Morgan fingerprint density at radius 1 is 1.36 bits per heavy atom. The molecule has 130 valence electrons. The first-order valence-corrected chi connectivity index (χ1v) is 8.65. The molecule has 0 aliphatic rings. The number of ether oxygens (including phenoxy) is 1. The molecule has 5 nitrogen and oxygen atoms in total. The number of nitrogens with one attached hydrogen (secondary N) is 1. The SMILES string of the molecule is CCOC(=O)c1c(-c2ccc[nH]2)n(CC)c2cc(Br)c(F)cc2c1=O. The van der Waals surface area contributed by atoms with Crippen molar-refractivity contribution in [1.82, 2.24) is 9.55 Å². The van der Waals surface area contributed by atoms with Crippen LogP contribution in [0, 0.1) is 5.82 Å². The van der Waals surface area contributed by atoms with Gasteiger partial charge in [0.2, 0.25) is 5.43 Å². The van der Waals surface area contributed by atoms with E-state index in [4.69, 9.17) is 4.74 Å². The number of carbonyl (C=O) groups excluding carboxylic acids is 1. The van der Waals surface area contributed by atoms with Crippen LogP contribution in [0.25, 0.3) is 22.3 Å². The van der Waals surface area contributed by atoms with Crippen molar-refractivity contribution >= 4 is 32.8 Å². The van der Waals surface area contributed by atoms with Crippen LogP contribution in [0.2, 0.25) is 0 Å². The fourth-order valence-electron chi connectivity index (χ4n) is 2.92. The van der Waals surface area contributed by atoms with E-state index >= 15 is 0 Å². The summed E-state index contributed by atoms with van der Waals surface area (Å²) >= 11 is 3.16. The highest BCUT2D eigenvalue weighted by atomic mass is 79.9. The smallest absolute Gasteiger partial charge is 0.344 e. The Labute approximate surface area is 151 Å². The molecule has 0 aliphatic heterocycles. The molecule has 0 fully saturated rings. The van der Waals surface area contributed by atoms with Crippen molar-refractivity contribution in [3.05, 3.63) is 56.5 Å². The number of carbonyl (C=O) groups is 1. The molecule has 2 aromatic heterocycles. The van der Waals surface area contributed by atoms with E-state index in [0.29, 0.717) is 23.4 Å². The summed E-state index contributed by atoms with van der Waals surface area (Å²) in [5.41, 5.74) is 0.944. The molecule has 1 aromatic carbocycles. The van der Waals surface area contributed by atoms with Crippen molar-refractivity contribution in [2.45, 2.75) is 20.4 Å². The minimum Gasteiger partial charge on any atom is -0.462 e. The van der Waals surface area contributed by atoms with Crippen molar-refractivity contribution < 1.29 is 13.9 Å².